The van der Waals surface area contributed by atoms with Gasteiger partial charge in [-0.15, -0.1) is 0 Å². The number of hydrogen-bond donors (Lipinski definition) is 3. The van der Waals surface area contributed by atoms with E-state index in [4.69, 9.17) is 29.6 Å². The molecule has 3 rings (SSSR count). The Hall–Kier alpha value is -2.12. The number of nitrogens with one attached hydrogen (secondary N) is 2. The average Bonchev–Trinajstić information content (AvgIpc) is 2.82. The molecule has 0 unspecified atom stereocenters. The fourth-order valence-corrected chi connectivity index (χ4v) is 2.57. The standard InChI is InChI=1S/C13H11BClN5S/c14-8-5-6(10-9(15)2-1-3-17-10)4-7-11(8)19-20-12(7)18-13(16)21/h1-5H,14H2,(H4,16,18,19,20,21). The molecule has 4 N–H and O–H groups in total. The minimum Gasteiger partial charge on any atom is -0.376 e. The van der Waals surface area contributed by atoms with Crippen molar-refractivity contribution >= 4 is 59.0 Å². The smallest absolute Gasteiger partial charge is 0.169 e. The number of pyridine rings is 1. The normalized spacial score (nSPS) is 10.7. The van der Waals surface area contributed by atoms with Crippen molar-refractivity contribution in [2.45, 2.75) is 0 Å². The fraction of sp³-hybridized carbons (Fsp3) is 0. The minimum absolute atomic E-state index is 0.169. The van der Waals surface area contributed by atoms with Gasteiger partial charge in [-0.2, -0.15) is 5.10 Å². The molecule has 0 bridgehead atoms. The van der Waals surface area contributed by atoms with Crippen LogP contribution in [-0.2, 0) is 0 Å². The summed E-state index contributed by atoms with van der Waals surface area (Å²) in [5.41, 5.74) is 9.12. The van der Waals surface area contributed by atoms with Crippen molar-refractivity contribution in [1.29, 1.82) is 0 Å². The Bertz CT molecular complexity index is 848. The van der Waals surface area contributed by atoms with Crippen LogP contribution in [0.3, 0.4) is 0 Å². The average molecular weight is 316 g/mol. The first-order valence-electron chi connectivity index (χ1n) is 6.22. The summed E-state index contributed by atoms with van der Waals surface area (Å²) in [5.74, 6) is 0.592. The third-order valence-electron chi connectivity index (χ3n) is 3.14. The number of halogens is 1. The van der Waals surface area contributed by atoms with Crippen LogP contribution in [0.25, 0.3) is 22.2 Å². The zero-order chi connectivity index (χ0) is 15.0. The molecule has 0 aliphatic carbocycles. The molecule has 5 nitrogen and oxygen atoms in total. The van der Waals surface area contributed by atoms with Crippen LogP contribution in [0.2, 0.25) is 5.02 Å². The Kier molecular flexibility index (Phi) is 3.53. The molecule has 0 aliphatic rings. The van der Waals surface area contributed by atoms with Crippen molar-refractivity contribution in [1.82, 2.24) is 15.2 Å². The molecule has 2 aromatic heterocycles. The van der Waals surface area contributed by atoms with Crippen LogP contribution in [0, 0.1) is 0 Å². The molecule has 1 aromatic carbocycles. The van der Waals surface area contributed by atoms with E-state index < -0.39 is 0 Å². The SMILES string of the molecule is Bc1cc(-c2ncccc2Cl)cc2c(NC(N)=S)n[nH]c12. The Balaban J connectivity index is 2.22. The minimum atomic E-state index is 0.169. The molecule has 21 heavy (non-hydrogen) atoms. The number of aromatic amines is 1. The maximum Gasteiger partial charge on any atom is 0.169 e. The van der Waals surface area contributed by atoms with Crippen LogP contribution >= 0.6 is 23.8 Å². The molecule has 3 aromatic rings. The fourth-order valence-electron chi connectivity index (χ4n) is 2.24. The van der Waals surface area contributed by atoms with Crippen LogP contribution in [0.4, 0.5) is 5.82 Å². The summed E-state index contributed by atoms with van der Waals surface area (Å²) in [7, 11) is 1.99. The van der Waals surface area contributed by atoms with Gasteiger partial charge in [0.05, 0.1) is 16.2 Å². The summed E-state index contributed by atoms with van der Waals surface area (Å²) in [6.45, 7) is 0. The Morgan fingerprint density at radius 3 is 2.95 bits per heavy atom. The maximum atomic E-state index is 6.22. The third kappa shape index (κ3) is 2.57. The molecule has 104 valence electrons. The lowest BCUT2D eigenvalue weighted by molar-refractivity contribution is 1.13. The second kappa shape index (κ2) is 5.35. The molecule has 0 fully saturated rings. The molecule has 0 aliphatic heterocycles. The number of nitrogens with two attached hydrogens (primary N) is 1. The number of aromatic nitrogens is 3. The lowest BCUT2D eigenvalue weighted by Crippen LogP contribution is -2.19. The van der Waals surface area contributed by atoms with E-state index in [1.807, 2.05) is 26.0 Å². The number of hydrogen-bond acceptors (Lipinski definition) is 3. The predicted octanol–water partition coefficient (Wildman–Crippen LogP) is 1.19. The van der Waals surface area contributed by atoms with E-state index in [0.29, 0.717) is 10.8 Å². The molecule has 0 atom stereocenters. The number of nitrogens with zero attached hydrogens (tertiary/aromatic N) is 2. The monoisotopic (exact) mass is 315 g/mol. The van der Waals surface area contributed by atoms with Crippen LogP contribution in [0.1, 0.15) is 0 Å². The molecule has 8 heteroatoms. The van der Waals surface area contributed by atoms with Gasteiger partial charge in [-0.1, -0.05) is 23.1 Å². The van der Waals surface area contributed by atoms with Crippen molar-refractivity contribution < 1.29 is 0 Å². The highest BCUT2D eigenvalue weighted by Crippen LogP contribution is 2.29. The lowest BCUT2D eigenvalue weighted by atomic mass is 9.90. The summed E-state index contributed by atoms with van der Waals surface area (Å²) in [6.07, 6.45) is 1.71. The van der Waals surface area contributed by atoms with Crippen molar-refractivity contribution in [2.75, 3.05) is 5.32 Å². The second-order valence-corrected chi connectivity index (χ2v) is 5.46. The molecule has 0 radical (unpaired) electrons. The second-order valence-electron chi connectivity index (χ2n) is 4.61. The van der Waals surface area contributed by atoms with E-state index in [9.17, 15) is 0 Å². The van der Waals surface area contributed by atoms with Gasteiger partial charge in [-0.05, 0) is 30.4 Å². The Morgan fingerprint density at radius 2 is 2.24 bits per heavy atom. The summed E-state index contributed by atoms with van der Waals surface area (Å²) in [4.78, 5) is 4.34. The topological polar surface area (TPSA) is 79.6 Å². The molecule has 0 amide bonds. The quantitative estimate of drug-likeness (QED) is 0.489. The highest BCUT2D eigenvalue weighted by molar-refractivity contribution is 7.80. The van der Waals surface area contributed by atoms with Gasteiger partial charge in [0.15, 0.2) is 10.9 Å². The number of H-pyrrole nitrogens is 1. The maximum absolute atomic E-state index is 6.22. The van der Waals surface area contributed by atoms with Crippen molar-refractivity contribution in [3.05, 3.63) is 35.5 Å². The van der Waals surface area contributed by atoms with Crippen molar-refractivity contribution in [2.24, 2.45) is 5.73 Å². The summed E-state index contributed by atoms with van der Waals surface area (Å²) < 4.78 is 0. The van der Waals surface area contributed by atoms with Gasteiger partial charge in [-0.3, -0.25) is 10.1 Å². The molecule has 2 heterocycles. The van der Waals surface area contributed by atoms with Crippen LogP contribution < -0.4 is 16.5 Å². The molecular formula is C13H11BClN5S. The molecule has 0 saturated carbocycles. The van der Waals surface area contributed by atoms with E-state index in [2.05, 4.69) is 20.5 Å². The van der Waals surface area contributed by atoms with Crippen LogP contribution in [-0.4, -0.2) is 28.1 Å². The first kappa shape index (κ1) is 13.8. The van der Waals surface area contributed by atoms with E-state index in [1.54, 1.807) is 12.3 Å². The van der Waals surface area contributed by atoms with E-state index >= 15 is 0 Å². The van der Waals surface area contributed by atoms with E-state index in [-0.39, 0.29) is 5.11 Å². The van der Waals surface area contributed by atoms with Crippen LogP contribution in [0.5, 0.6) is 0 Å². The largest absolute Gasteiger partial charge is 0.376 e. The first-order chi connectivity index (χ1) is 10.1. The number of fused-ring (bicyclic) bond motifs is 1. The number of benzene rings is 1. The summed E-state index contributed by atoms with van der Waals surface area (Å²) in [6, 6.07) is 7.59. The van der Waals surface area contributed by atoms with Gasteiger partial charge in [0.1, 0.15) is 7.85 Å². The van der Waals surface area contributed by atoms with Gasteiger partial charge in [0.25, 0.3) is 0 Å². The first-order valence-corrected chi connectivity index (χ1v) is 7.01. The van der Waals surface area contributed by atoms with Crippen molar-refractivity contribution in [3.8, 4) is 11.3 Å². The molecule has 0 saturated heterocycles. The number of anilines is 1. The number of thiocarbonyl (C=S) groups is 1. The van der Waals surface area contributed by atoms with Gasteiger partial charge >= 0.3 is 0 Å². The molecule has 0 spiro atoms. The van der Waals surface area contributed by atoms with Gasteiger partial charge in [-0.25, -0.2) is 0 Å². The van der Waals surface area contributed by atoms with E-state index in [1.165, 1.54) is 0 Å². The zero-order valence-corrected chi connectivity index (χ0v) is 12.7. The summed E-state index contributed by atoms with van der Waals surface area (Å²) >= 11 is 11.1. The lowest BCUT2D eigenvalue weighted by Gasteiger charge is -2.06. The van der Waals surface area contributed by atoms with E-state index in [0.717, 1.165) is 27.6 Å². The molecular weight excluding hydrogens is 305 g/mol. The highest BCUT2D eigenvalue weighted by Gasteiger charge is 2.12. The van der Waals surface area contributed by atoms with Gasteiger partial charge in [0.2, 0.25) is 0 Å². The predicted molar refractivity (Wildman–Crippen MR) is 92.9 cm³/mol. The van der Waals surface area contributed by atoms with Crippen LogP contribution in [0.15, 0.2) is 30.5 Å². The van der Waals surface area contributed by atoms with Crippen molar-refractivity contribution in [3.63, 3.8) is 0 Å². The summed E-state index contributed by atoms with van der Waals surface area (Å²) in [5, 5.41) is 11.7. The highest BCUT2D eigenvalue weighted by atomic mass is 35.5. The van der Waals surface area contributed by atoms with Gasteiger partial charge in [0, 0.05) is 17.1 Å². The van der Waals surface area contributed by atoms with Gasteiger partial charge < -0.3 is 11.1 Å². The Labute approximate surface area is 132 Å². The Morgan fingerprint density at radius 1 is 1.43 bits per heavy atom. The number of rotatable bonds is 2. The third-order valence-corrected chi connectivity index (χ3v) is 3.55. The zero-order valence-electron chi connectivity index (χ0n) is 11.1.